The van der Waals surface area contributed by atoms with Gasteiger partial charge in [-0.15, -0.1) is 0 Å². The zero-order valence-corrected chi connectivity index (χ0v) is 23.5. The van der Waals surface area contributed by atoms with Crippen LogP contribution in [0.25, 0.3) is 0 Å². The minimum absolute atomic E-state index is 0.0175. The molecule has 0 bridgehead atoms. The third kappa shape index (κ3) is 7.50. The Hall–Kier alpha value is -4.12. The van der Waals surface area contributed by atoms with Gasteiger partial charge in [0.2, 0.25) is 5.88 Å². The number of pyridine rings is 1. The molecule has 0 spiro atoms. The van der Waals surface area contributed by atoms with Crippen LogP contribution in [0.4, 0.5) is 30.6 Å². The number of nitrogens with two attached hydrogens (primary N) is 1. The van der Waals surface area contributed by atoms with Crippen LogP contribution in [0.1, 0.15) is 55.4 Å². The minimum atomic E-state index is -1.39. The fourth-order valence-corrected chi connectivity index (χ4v) is 4.09. The molecule has 2 aromatic carbocycles. The molecule has 1 heterocycles. The summed E-state index contributed by atoms with van der Waals surface area (Å²) in [5, 5.41) is 12.2. The van der Waals surface area contributed by atoms with Gasteiger partial charge in [-0.3, -0.25) is 0 Å². The van der Waals surface area contributed by atoms with Gasteiger partial charge in [0.1, 0.15) is 17.2 Å². The van der Waals surface area contributed by atoms with E-state index in [-0.39, 0.29) is 34.9 Å². The molecule has 1 aromatic heterocycles. The van der Waals surface area contributed by atoms with Crippen molar-refractivity contribution in [3.8, 4) is 5.88 Å². The molecule has 1 atom stereocenters. The average Bonchev–Trinajstić information content (AvgIpc) is 2.86. The molecule has 0 aliphatic rings. The summed E-state index contributed by atoms with van der Waals surface area (Å²) >= 11 is 5.91. The number of carbonyl (C=O) groups excluding carboxylic acids is 1. The highest BCUT2D eigenvalue weighted by atomic mass is 35.5. The average molecular weight is 577 g/mol. The predicted octanol–water partition coefficient (Wildman–Crippen LogP) is 6.59. The number of nitrogen functional groups attached to an aromatic ring is 1. The fourth-order valence-electron chi connectivity index (χ4n) is 3.93. The topological polar surface area (TPSA) is 127 Å². The van der Waals surface area contributed by atoms with Crippen molar-refractivity contribution in [1.82, 2.24) is 9.88 Å². The Kier molecular flexibility index (Phi) is 9.41. The van der Waals surface area contributed by atoms with E-state index >= 15 is 0 Å². The Balaban J connectivity index is 2.03. The van der Waals surface area contributed by atoms with Gasteiger partial charge in [0.05, 0.1) is 40.8 Å². The summed E-state index contributed by atoms with van der Waals surface area (Å²) in [6, 6.07) is 8.16. The summed E-state index contributed by atoms with van der Waals surface area (Å²) in [6.07, 6.45) is -0.450. The van der Waals surface area contributed by atoms with Crippen LogP contribution in [0.5, 0.6) is 5.88 Å². The van der Waals surface area contributed by atoms with Crippen LogP contribution in [0.2, 0.25) is 5.02 Å². The maximum atomic E-state index is 14.5. The summed E-state index contributed by atoms with van der Waals surface area (Å²) in [4.78, 5) is 30.9. The van der Waals surface area contributed by atoms with Crippen LogP contribution in [-0.2, 0) is 11.2 Å². The maximum Gasteiger partial charge on any atom is 0.410 e. The lowest BCUT2D eigenvalue weighted by atomic mass is 10.0. The number of anilines is 3. The van der Waals surface area contributed by atoms with Crippen LogP contribution < -0.4 is 15.8 Å². The number of aromatic carboxylic acids is 1. The van der Waals surface area contributed by atoms with E-state index in [1.807, 2.05) is 0 Å². The van der Waals surface area contributed by atoms with Gasteiger partial charge in [-0.1, -0.05) is 11.6 Å². The largest absolute Gasteiger partial charge is 0.481 e. The third-order valence-corrected chi connectivity index (χ3v) is 6.19. The van der Waals surface area contributed by atoms with Crippen LogP contribution in [0, 0.1) is 11.6 Å². The Bertz CT molecular complexity index is 1410. The molecule has 0 fully saturated rings. The van der Waals surface area contributed by atoms with Crippen molar-refractivity contribution in [2.75, 3.05) is 24.7 Å². The quantitative estimate of drug-likeness (QED) is 0.260. The number of carboxylic acid groups (broad SMARTS) is 1. The SMILES string of the molecule is COc1ccc(N)c(CCN(C(=O)OC(C)(C)C)C(C)c2cc(F)ccc2Nc2cc(Cl)c(F)cc2C(=O)O)n1. The van der Waals surface area contributed by atoms with Gasteiger partial charge in [0.25, 0.3) is 0 Å². The molecule has 1 unspecified atom stereocenters. The maximum absolute atomic E-state index is 14.5. The highest BCUT2D eigenvalue weighted by molar-refractivity contribution is 6.31. The number of nitrogens with zero attached hydrogens (tertiary/aromatic N) is 2. The zero-order chi connectivity index (χ0) is 29.8. The number of hydrogen-bond donors (Lipinski definition) is 3. The number of rotatable bonds is 9. The smallest absolute Gasteiger partial charge is 0.410 e. The van der Waals surface area contributed by atoms with Crippen LogP contribution in [0.3, 0.4) is 0 Å². The summed E-state index contributed by atoms with van der Waals surface area (Å²) < 4.78 is 39.3. The highest BCUT2D eigenvalue weighted by Gasteiger charge is 2.29. The van der Waals surface area contributed by atoms with Gasteiger partial charge in [0, 0.05) is 30.3 Å². The van der Waals surface area contributed by atoms with Crippen molar-refractivity contribution in [2.24, 2.45) is 0 Å². The number of carbonyl (C=O) groups is 2. The normalized spacial score (nSPS) is 12.0. The van der Waals surface area contributed by atoms with Gasteiger partial charge in [-0.25, -0.2) is 23.4 Å². The molecule has 214 valence electrons. The van der Waals surface area contributed by atoms with E-state index in [2.05, 4.69) is 10.3 Å². The number of aromatic nitrogens is 1. The van der Waals surface area contributed by atoms with Crippen LogP contribution >= 0.6 is 11.6 Å². The summed E-state index contributed by atoms with van der Waals surface area (Å²) in [5.74, 6) is -2.54. The van der Waals surface area contributed by atoms with Crippen molar-refractivity contribution in [3.05, 3.63) is 75.9 Å². The van der Waals surface area contributed by atoms with Crippen molar-refractivity contribution >= 4 is 40.7 Å². The first-order valence-electron chi connectivity index (χ1n) is 12.3. The molecular formula is C28H31ClF2N4O5. The highest BCUT2D eigenvalue weighted by Crippen LogP contribution is 2.34. The lowest BCUT2D eigenvalue weighted by molar-refractivity contribution is 0.0175. The Labute approximate surface area is 235 Å². The molecule has 4 N–H and O–H groups in total. The fraction of sp³-hybridized carbons (Fsp3) is 0.321. The lowest BCUT2D eigenvalue weighted by Gasteiger charge is -2.33. The van der Waals surface area contributed by atoms with Gasteiger partial charge in [-0.05, 0) is 64.1 Å². The standard InChI is InChI=1S/C28H31ClF2N4O5/c1-15(35(27(38)40-28(2,3)4)11-10-23-21(32)7-9-25(34-23)39-5)17-12-16(30)6-8-22(17)33-24-14-19(29)20(31)13-18(24)26(36)37/h6-9,12-15,33H,10-11,32H2,1-5H3,(H,36,37). The zero-order valence-electron chi connectivity index (χ0n) is 22.7. The van der Waals surface area contributed by atoms with Gasteiger partial charge in [0.15, 0.2) is 0 Å². The van der Waals surface area contributed by atoms with E-state index in [0.29, 0.717) is 22.8 Å². The van der Waals surface area contributed by atoms with Crippen molar-refractivity contribution in [1.29, 1.82) is 0 Å². The van der Waals surface area contributed by atoms with Gasteiger partial charge < -0.3 is 30.5 Å². The first-order valence-corrected chi connectivity index (χ1v) is 12.7. The number of halogens is 3. The van der Waals surface area contributed by atoms with E-state index in [4.69, 9.17) is 26.8 Å². The van der Waals surface area contributed by atoms with Gasteiger partial charge in [-0.2, -0.15) is 0 Å². The molecule has 0 aliphatic heterocycles. The Morgan fingerprint density at radius 3 is 2.48 bits per heavy atom. The molecule has 40 heavy (non-hydrogen) atoms. The first-order chi connectivity index (χ1) is 18.7. The second-order valence-corrected chi connectivity index (χ2v) is 10.4. The van der Waals surface area contributed by atoms with E-state index < -0.39 is 35.3 Å². The number of ether oxygens (including phenoxy) is 2. The summed E-state index contributed by atoms with van der Waals surface area (Å²) in [6.45, 7) is 6.91. The summed E-state index contributed by atoms with van der Waals surface area (Å²) in [7, 11) is 1.47. The third-order valence-electron chi connectivity index (χ3n) is 5.90. The van der Waals surface area contributed by atoms with E-state index in [1.165, 1.54) is 30.2 Å². The number of methoxy groups -OCH3 is 1. The lowest BCUT2D eigenvalue weighted by Crippen LogP contribution is -2.40. The molecule has 3 rings (SSSR count). The van der Waals surface area contributed by atoms with E-state index in [0.717, 1.165) is 12.1 Å². The molecule has 3 aromatic rings. The Morgan fingerprint density at radius 1 is 1.15 bits per heavy atom. The minimum Gasteiger partial charge on any atom is -0.481 e. The van der Waals surface area contributed by atoms with E-state index in [1.54, 1.807) is 39.8 Å². The number of amides is 1. The molecule has 12 heteroatoms. The second kappa shape index (κ2) is 12.4. The molecule has 0 saturated carbocycles. The van der Waals surface area contributed by atoms with E-state index in [9.17, 15) is 23.5 Å². The predicted molar refractivity (Wildman–Crippen MR) is 148 cm³/mol. The Morgan fingerprint density at radius 2 is 1.85 bits per heavy atom. The number of nitrogens with one attached hydrogen (secondary N) is 1. The number of hydrogen-bond acceptors (Lipinski definition) is 7. The summed E-state index contributed by atoms with van der Waals surface area (Å²) in [5.41, 5.74) is 6.33. The van der Waals surface area contributed by atoms with Crippen LogP contribution in [-0.4, -0.2) is 46.3 Å². The monoisotopic (exact) mass is 576 g/mol. The van der Waals surface area contributed by atoms with Gasteiger partial charge >= 0.3 is 12.1 Å². The number of carboxylic acids is 1. The first kappa shape index (κ1) is 30.4. The molecule has 0 radical (unpaired) electrons. The van der Waals surface area contributed by atoms with Crippen molar-refractivity contribution in [2.45, 2.75) is 45.8 Å². The number of benzene rings is 2. The molecule has 0 saturated heterocycles. The molecule has 1 amide bonds. The van der Waals surface area contributed by atoms with Crippen LogP contribution in [0.15, 0.2) is 42.5 Å². The van der Waals surface area contributed by atoms with Crippen molar-refractivity contribution < 1.29 is 33.0 Å². The second-order valence-electron chi connectivity index (χ2n) is 9.96. The molecular weight excluding hydrogens is 546 g/mol. The molecule has 0 aliphatic carbocycles. The molecule has 9 nitrogen and oxygen atoms in total. The van der Waals surface area contributed by atoms with Crippen molar-refractivity contribution in [3.63, 3.8) is 0 Å².